The molecule has 0 amide bonds. The molecule has 0 radical (unpaired) electrons. The number of benzene rings is 10. The summed E-state index contributed by atoms with van der Waals surface area (Å²) in [5.74, 6) is 0. The molecule has 358 valence electrons. The average molecular weight is 999 g/mol. The first-order chi connectivity index (χ1) is 36.7. The number of rotatable bonds is 6. The van der Waals surface area contributed by atoms with Gasteiger partial charge in [0.2, 0.25) is 0 Å². The van der Waals surface area contributed by atoms with E-state index in [1.165, 1.54) is 87.8 Å². The maximum absolute atomic E-state index is 5.12. The lowest BCUT2D eigenvalue weighted by Gasteiger charge is -2.43. The quantitative estimate of drug-likeness (QED) is 0.166. The molecule has 0 spiro atoms. The van der Waals surface area contributed by atoms with E-state index in [-0.39, 0.29) is 10.8 Å². The van der Waals surface area contributed by atoms with Gasteiger partial charge in [0.25, 0.3) is 0 Å². The summed E-state index contributed by atoms with van der Waals surface area (Å²) in [4.78, 5) is 15.3. The summed E-state index contributed by atoms with van der Waals surface area (Å²) in [5, 5.41) is 2.08. The zero-order valence-electron chi connectivity index (χ0n) is 42.0. The van der Waals surface area contributed by atoms with Crippen LogP contribution in [0, 0.1) is 0 Å². The van der Waals surface area contributed by atoms with Crippen LogP contribution in [0.1, 0.15) is 72.2 Å². The maximum atomic E-state index is 5.12. The molecule has 6 heteroatoms. The second kappa shape index (κ2) is 16.3. The summed E-state index contributed by atoms with van der Waals surface area (Å²) in [6.45, 7) is 9.49. The van der Waals surface area contributed by atoms with Gasteiger partial charge in [0.1, 0.15) is 10.0 Å². The van der Waals surface area contributed by atoms with E-state index in [1.807, 2.05) is 0 Å². The minimum absolute atomic E-state index is 0.270. The molecule has 0 saturated carbocycles. The Kier molecular flexibility index (Phi) is 9.58. The summed E-state index contributed by atoms with van der Waals surface area (Å²) >= 11 is 3.52. The van der Waals surface area contributed by atoms with Gasteiger partial charge in [-0.2, -0.15) is 0 Å². The van der Waals surface area contributed by atoms with Crippen LogP contribution in [0.25, 0.3) is 52.7 Å². The lowest BCUT2D eigenvalue weighted by Crippen LogP contribution is -2.32. The van der Waals surface area contributed by atoms with Gasteiger partial charge in [-0.3, -0.25) is 0 Å². The molecule has 1 aliphatic carbocycles. The largest absolute Gasteiger partial charge is 0.310 e. The molecule has 4 nitrogen and oxygen atoms in total. The van der Waals surface area contributed by atoms with Crippen molar-refractivity contribution in [3.8, 4) is 32.3 Å². The van der Waals surface area contributed by atoms with E-state index in [1.54, 1.807) is 22.7 Å². The summed E-state index contributed by atoms with van der Waals surface area (Å²) in [6, 6.07) is 85.9. The minimum Gasteiger partial charge on any atom is -0.310 e. The van der Waals surface area contributed by atoms with Crippen LogP contribution in [0.15, 0.2) is 231 Å². The fourth-order valence-corrected chi connectivity index (χ4v) is 14.9. The van der Waals surface area contributed by atoms with Crippen LogP contribution in [-0.2, 0) is 16.2 Å². The first-order valence-electron chi connectivity index (χ1n) is 25.9. The van der Waals surface area contributed by atoms with E-state index in [0.717, 1.165) is 43.6 Å². The van der Waals surface area contributed by atoms with Gasteiger partial charge in [0, 0.05) is 33.3 Å². The van der Waals surface area contributed by atoms with E-state index >= 15 is 0 Å². The number of fused-ring (bicyclic) bond motifs is 9. The summed E-state index contributed by atoms with van der Waals surface area (Å²) in [5.41, 5.74) is 22.8. The topological polar surface area (TPSA) is 32.3 Å². The Balaban J connectivity index is 0.935. The first kappa shape index (κ1) is 44.1. The van der Waals surface area contributed by atoms with Crippen molar-refractivity contribution in [1.29, 1.82) is 0 Å². The Labute approximate surface area is 445 Å². The zero-order valence-corrected chi connectivity index (χ0v) is 43.7. The number of anilines is 6. The molecule has 0 atom stereocenters. The second-order valence-corrected chi connectivity index (χ2v) is 23.4. The molecule has 0 unspecified atom stereocenters. The SMILES string of the molecule is CC1(C)c2ccccc2N(c2ccc3c(c2)C(c2ccccc2)(c2ccccc2)c2cc(N4c5ccccc5C(C)(C)c5cc(-c6nc7ccccc7s6)ccc54)ccc2-3)c2ccc(-c3nc4ccccc4s3)cc21. The Morgan fingerprint density at radius 3 is 1.16 bits per heavy atom. The molecule has 2 aromatic heterocycles. The molecule has 0 saturated heterocycles. The van der Waals surface area contributed by atoms with E-state index in [9.17, 15) is 0 Å². The third-order valence-corrected chi connectivity index (χ3v) is 18.7. The van der Waals surface area contributed by atoms with Crippen molar-refractivity contribution in [1.82, 2.24) is 9.97 Å². The van der Waals surface area contributed by atoms with Crippen molar-refractivity contribution in [3.05, 3.63) is 275 Å². The summed E-state index contributed by atoms with van der Waals surface area (Å²) in [7, 11) is 0. The highest BCUT2D eigenvalue weighted by atomic mass is 32.1. The lowest BCUT2D eigenvalue weighted by molar-refractivity contribution is 0.632. The molecule has 3 aliphatic rings. The number of aromatic nitrogens is 2. The van der Waals surface area contributed by atoms with Gasteiger partial charge in [-0.05, 0) is 153 Å². The Morgan fingerprint density at radius 1 is 0.333 bits per heavy atom. The van der Waals surface area contributed by atoms with Crippen LogP contribution in [0.3, 0.4) is 0 Å². The van der Waals surface area contributed by atoms with E-state index in [2.05, 4.69) is 268 Å². The fraction of sp³-hybridized carbons (Fsp3) is 0.101. The van der Waals surface area contributed by atoms with Crippen molar-refractivity contribution in [2.75, 3.05) is 9.80 Å². The number of thiazole rings is 2. The van der Waals surface area contributed by atoms with Crippen LogP contribution in [0.5, 0.6) is 0 Å². The van der Waals surface area contributed by atoms with Gasteiger partial charge in [-0.1, -0.05) is 161 Å². The van der Waals surface area contributed by atoms with Gasteiger partial charge in [0.05, 0.1) is 48.6 Å². The predicted molar refractivity (Wildman–Crippen MR) is 315 cm³/mol. The first-order valence-corrected chi connectivity index (χ1v) is 27.5. The Morgan fingerprint density at radius 2 is 0.720 bits per heavy atom. The highest BCUT2D eigenvalue weighted by Crippen LogP contribution is 2.61. The molecule has 15 rings (SSSR count). The number of hydrogen-bond donors (Lipinski definition) is 0. The van der Waals surface area contributed by atoms with Crippen molar-refractivity contribution in [2.45, 2.75) is 43.9 Å². The maximum Gasteiger partial charge on any atom is 0.124 e. The molecule has 0 bridgehead atoms. The van der Waals surface area contributed by atoms with Gasteiger partial charge in [-0.15, -0.1) is 22.7 Å². The van der Waals surface area contributed by atoms with Crippen molar-refractivity contribution >= 4 is 77.2 Å². The Hall–Kier alpha value is -8.42. The normalized spacial score (nSPS) is 15.2. The van der Waals surface area contributed by atoms with E-state index in [0.29, 0.717) is 0 Å². The molecule has 4 heterocycles. The average Bonchev–Trinajstić information content (AvgIpc) is 4.24. The third-order valence-electron chi connectivity index (χ3n) is 16.6. The van der Waals surface area contributed by atoms with Crippen LogP contribution in [-0.4, -0.2) is 9.97 Å². The molecular formula is C69H50N4S2. The second-order valence-electron chi connectivity index (χ2n) is 21.3. The number of para-hydroxylation sites is 4. The standard InChI is InChI=1S/C69H50N4S2/c1-67(2)51-23-11-15-27-59(51)72(61-37-31-43(39-55(61)67)65-70-57-25-13-17-29-63(57)74-65)47-33-35-49-50-36-34-48(42-54(50)69(53(49)41-47,45-19-7-5-8-20-45)46-21-9-6-10-22-46)73-60-28-16-12-24-52(60)68(3,4)56-40-44(32-38-62(56)73)66-71-58-26-14-18-30-64(58)75-66/h5-42H,1-4H3. The fourth-order valence-electron chi connectivity index (χ4n) is 13.0. The highest BCUT2D eigenvalue weighted by Gasteiger charge is 2.48. The monoisotopic (exact) mass is 998 g/mol. The van der Waals surface area contributed by atoms with Crippen molar-refractivity contribution in [3.63, 3.8) is 0 Å². The molecule has 12 aromatic rings. The van der Waals surface area contributed by atoms with E-state index in [4.69, 9.17) is 9.97 Å². The van der Waals surface area contributed by atoms with Crippen LogP contribution in [0.4, 0.5) is 34.1 Å². The van der Waals surface area contributed by atoms with E-state index < -0.39 is 5.41 Å². The van der Waals surface area contributed by atoms with Crippen LogP contribution >= 0.6 is 22.7 Å². The van der Waals surface area contributed by atoms with Crippen LogP contribution < -0.4 is 9.80 Å². The van der Waals surface area contributed by atoms with Gasteiger partial charge in [-0.25, -0.2) is 9.97 Å². The molecule has 0 N–H and O–H groups in total. The van der Waals surface area contributed by atoms with Gasteiger partial charge >= 0.3 is 0 Å². The minimum atomic E-state index is -0.665. The zero-order chi connectivity index (χ0) is 50.2. The lowest BCUT2D eigenvalue weighted by atomic mass is 9.67. The Bertz CT molecular complexity index is 3940. The summed E-state index contributed by atoms with van der Waals surface area (Å²) in [6.07, 6.45) is 0. The summed E-state index contributed by atoms with van der Waals surface area (Å²) < 4.78 is 2.40. The van der Waals surface area contributed by atoms with Crippen LogP contribution in [0.2, 0.25) is 0 Å². The van der Waals surface area contributed by atoms with Gasteiger partial charge < -0.3 is 9.80 Å². The number of hydrogen-bond acceptors (Lipinski definition) is 6. The number of nitrogens with zero attached hydrogens (tertiary/aromatic N) is 4. The molecule has 2 aliphatic heterocycles. The third kappa shape index (κ3) is 6.40. The van der Waals surface area contributed by atoms with Gasteiger partial charge in [0.15, 0.2) is 0 Å². The smallest absolute Gasteiger partial charge is 0.124 e. The van der Waals surface area contributed by atoms with Crippen molar-refractivity contribution < 1.29 is 0 Å². The molecule has 10 aromatic carbocycles. The highest BCUT2D eigenvalue weighted by molar-refractivity contribution is 7.22. The van der Waals surface area contributed by atoms with Crippen molar-refractivity contribution in [2.24, 2.45) is 0 Å². The molecule has 75 heavy (non-hydrogen) atoms. The molecular weight excluding hydrogens is 949 g/mol. The predicted octanol–water partition coefficient (Wildman–Crippen LogP) is 18.8. The molecule has 0 fully saturated rings.